The second kappa shape index (κ2) is 26.5. The summed E-state index contributed by atoms with van der Waals surface area (Å²) in [6, 6.07) is 1.55. The number of aromatic nitrogens is 2. The third-order valence-electron chi connectivity index (χ3n) is 7.38. The zero-order valence-electron chi connectivity index (χ0n) is 28.9. The van der Waals surface area contributed by atoms with Crippen LogP contribution in [0.5, 0.6) is 0 Å². The van der Waals surface area contributed by atoms with Crippen LogP contribution in [-0.2, 0) is 19.1 Å². The Morgan fingerprint density at radius 2 is 1.48 bits per heavy atom. The van der Waals surface area contributed by atoms with Crippen LogP contribution in [0.2, 0.25) is 0 Å². The number of rotatable bonds is 25. The quantitative estimate of drug-likeness (QED) is 0.0828. The van der Waals surface area contributed by atoms with Crippen LogP contribution in [0.1, 0.15) is 90.2 Å². The van der Waals surface area contributed by atoms with Gasteiger partial charge in [0.05, 0.1) is 0 Å². The molecular weight excluding hydrogens is 625 g/mol. The number of anilines is 1. The second-order valence-corrected chi connectivity index (χ2v) is 12.8. The van der Waals surface area contributed by atoms with Crippen molar-refractivity contribution in [3.05, 3.63) is 95.7 Å². The number of esters is 1. The largest absolute Gasteiger partial charge is 0.462 e. The first-order valence-electron chi connectivity index (χ1n) is 17.3. The Morgan fingerprint density at radius 3 is 2.06 bits per heavy atom. The first kappa shape index (κ1) is 40.7. The number of thioether (sulfide) groups is 1. The Balaban J connectivity index is 1.41. The zero-order chi connectivity index (χ0) is 34.7. The maximum Gasteiger partial charge on any atom is 0.351 e. The topological polar surface area (TPSA) is 117 Å². The normalized spacial score (nSPS) is 17.1. The average Bonchev–Trinajstić information content (AvgIpc) is 3.53. The van der Waals surface area contributed by atoms with Crippen molar-refractivity contribution in [1.29, 1.82) is 0 Å². The van der Waals surface area contributed by atoms with E-state index >= 15 is 0 Å². The van der Waals surface area contributed by atoms with Gasteiger partial charge in [-0.2, -0.15) is 4.98 Å². The average molecular weight is 681 g/mol. The van der Waals surface area contributed by atoms with E-state index in [4.69, 9.17) is 15.2 Å². The summed E-state index contributed by atoms with van der Waals surface area (Å²) >= 11 is 1.49. The monoisotopic (exact) mass is 680 g/mol. The van der Waals surface area contributed by atoms with Gasteiger partial charge in [0, 0.05) is 31.2 Å². The Bertz CT molecular complexity index is 1300. The van der Waals surface area contributed by atoms with Gasteiger partial charge in [-0.1, -0.05) is 79.8 Å². The highest BCUT2D eigenvalue weighted by molar-refractivity contribution is 8.00. The molecule has 1 aromatic rings. The lowest BCUT2D eigenvalue weighted by Crippen LogP contribution is -2.29. The van der Waals surface area contributed by atoms with E-state index in [1.54, 1.807) is 12.3 Å². The molecule has 264 valence electrons. The van der Waals surface area contributed by atoms with E-state index in [2.05, 4.69) is 89.7 Å². The van der Waals surface area contributed by atoms with Crippen LogP contribution in [0.15, 0.2) is 90.0 Å². The molecule has 2 N–H and O–H groups in total. The number of carbonyl (C=O) groups is 2. The predicted octanol–water partition coefficient (Wildman–Crippen LogP) is 7.50. The van der Waals surface area contributed by atoms with E-state index < -0.39 is 11.9 Å². The molecule has 2 atom stereocenters. The van der Waals surface area contributed by atoms with Gasteiger partial charge in [-0.15, -0.1) is 11.8 Å². The molecular formula is C38H56N4O5S. The maximum absolute atomic E-state index is 12.2. The number of Topliss-reactive ketones (excluding diaryl/α,β-unsaturated/α-hetero) is 1. The molecule has 1 aliphatic rings. The van der Waals surface area contributed by atoms with Gasteiger partial charge in [0.25, 0.3) is 0 Å². The molecule has 48 heavy (non-hydrogen) atoms. The highest BCUT2D eigenvalue weighted by Gasteiger charge is 2.29. The standard InChI is InChI=1S/C38H56N4O5S/c1-3-4-5-6-7-8-9-10-11-12-13-14-15-16-17-18-19-20-21-24-33(43)25-22-28-41(2)29-23-26-36(44)46-31-37-47-35(32-48-37)42-30-27-34(39)40-38(42)45/h4-5,7-8,10-11,13-14,16-17,19-20,27,30,35,37H,3,6,9,12,15,18,21-26,28-29,31-32H2,1-2H3,(H2,39,40,45)/b5-4-,8-7-,11-10-,14-13-,17-16-,20-19-/t35?,37-/m1/s1. The fourth-order valence-corrected chi connectivity index (χ4v) is 5.70. The van der Waals surface area contributed by atoms with Crippen LogP contribution in [0.4, 0.5) is 5.82 Å². The third kappa shape index (κ3) is 20.0. The molecule has 1 aliphatic heterocycles. The molecule has 1 aromatic heterocycles. The van der Waals surface area contributed by atoms with Crippen LogP contribution >= 0.6 is 11.8 Å². The molecule has 1 unspecified atom stereocenters. The molecule has 10 heteroatoms. The van der Waals surface area contributed by atoms with Gasteiger partial charge < -0.3 is 20.1 Å². The van der Waals surface area contributed by atoms with E-state index in [1.807, 2.05) is 7.05 Å². The summed E-state index contributed by atoms with van der Waals surface area (Å²) in [6.07, 6.45) is 36.9. The molecule has 0 saturated carbocycles. The van der Waals surface area contributed by atoms with Gasteiger partial charge in [-0.05, 0) is 84.0 Å². The van der Waals surface area contributed by atoms with E-state index in [0.717, 1.165) is 64.5 Å². The van der Waals surface area contributed by atoms with E-state index in [1.165, 1.54) is 16.3 Å². The van der Waals surface area contributed by atoms with Crippen molar-refractivity contribution in [2.75, 3.05) is 38.2 Å². The minimum Gasteiger partial charge on any atom is -0.462 e. The van der Waals surface area contributed by atoms with Crippen molar-refractivity contribution in [2.45, 2.75) is 95.6 Å². The van der Waals surface area contributed by atoms with Crippen molar-refractivity contribution in [3.8, 4) is 0 Å². The number of carbonyl (C=O) groups excluding carboxylic acids is 2. The number of ketones is 1. The fourth-order valence-electron chi connectivity index (χ4n) is 4.72. The molecule has 0 aromatic carbocycles. The first-order chi connectivity index (χ1) is 23.4. The number of hydrogen-bond donors (Lipinski definition) is 1. The molecule has 0 spiro atoms. The van der Waals surface area contributed by atoms with Gasteiger partial charge in [0.2, 0.25) is 0 Å². The van der Waals surface area contributed by atoms with Gasteiger partial charge in [0.15, 0.2) is 0 Å². The minimum absolute atomic E-state index is 0.133. The smallest absolute Gasteiger partial charge is 0.351 e. The summed E-state index contributed by atoms with van der Waals surface area (Å²) in [7, 11) is 2.00. The van der Waals surface area contributed by atoms with E-state index in [0.29, 0.717) is 37.2 Å². The van der Waals surface area contributed by atoms with Crippen molar-refractivity contribution in [3.63, 3.8) is 0 Å². The highest BCUT2D eigenvalue weighted by atomic mass is 32.2. The fraction of sp³-hybridized carbons (Fsp3) is 0.526. The summed E-state index contributed by atoms with van der Waals surface area (Å²) in [5, 5.41) is 0. The van der Waals surface area contributed by atoms with Crippen molar-refractivity contribution in [1.82, 2.24) is 14.5 Å². The molecule has 0 radical (unpaired) electrons. The Morgan fingerprint density at radius 1 is 0.917 bits per heavy atom. The Kier molecular flexibility index (Phi) is 22.5. The predicted molar refractivity (Wildman–Crippen MR) is 199 cm³/mol. The summed E-state index contributed by atoms with van der Waals surface area (Å²) in [5.41, 5.74) is 4.74. The number of nitrogens with zero attached hydrogens (tertiary/aromatic N) is 3. The molecule has 1 fully saturated rings. The molecule has 2 rings (SSSR count). The maximum atomic E-state index is 12.2. The Hall–Kier alpha value is -3.47. The zero-order valence-corrected chi connectivity index (χ0v) is 29.7. The minimum atomic E-state index is -0.465. The van der Waals surface area contributed by atoms with E-state index in [9.17, 15) is 14.4 Å². The summed E-state index contributed by atoms with van der Waals surface area (Å²) in [4.78, 5) is 42.3. The van der Waals surface area contributed by atoms with Gasteiger partial charge in [0.1, 0.15) is 29.9 Å². The molecule has 0 amide bonds. The summed E-state index contributed by atoms with van der Waals surface area (Å²) in [6.45, 7) is 3.85. The van der Waals surface area contributed by atoms with Gasteiger partial charge >= 0.3 is 11.7 Å². The number of nitrogen functional groups attached to an aromatic ring is 1. The van der Waals surface area contributed by atoms with Crippen LogP contribution in [0.25, 0.3) is 0 Å². The second-order valence-electron chi connectivity index (χ2n) is 11.6. The van der Waals surface area contributed by atoms with Crippen molar-refractivity contribution < 1.29 is 19.1 Å². The number of allylic oxidation sites excluding steroid dienone is 12. The van der Waals surface area contributed by atoms with Crippen LogP contribution in [0, 0.1) is 0 Å². The molecule has 1 saturated heterocycles. The van der Waals surface area contributed by atoms with Crippen molar-refractivity contribution >= 4 is 29.3 Å². The molecule has 0 bridgehead atoms. The number of nitrogens with two attached hydrogens (primary N) is 1. The third-order valence-corrected chi connectivity index (χ3v) is 8.47. The first-order valence-corrected chi connectivity index (χ1v) is 18.3. The van der Waals surface area contributed by atoms with Gasteiger partial charge in [-0.25, -0.2) is 4.79 Å². The molecule has 0 aliphatic carbocycles. The van der Waals surface area contributed by atoms with Gasteiger partial charge in [-0.3, -0.25) is 14.2 Å². The number of ether oxygens (including phenoxy) is 2. The SMILES string of the molecule is CC/C=C\C/C=C\C/C=C\C/C=C\C/C=C\C/C=C\CCC(=O)CCCN(C)CCCC(=O)OC[C@@H]1OC(n2ccc(N)nc2=O)CS1. The van der Waals surface area contributed by atoms with Crippen LogP contribution < -0.4 is 11.4 Å². The lowest BCUT2D eigenvalue weighted by Gasteiger charge is -2.16. The summed E-state index contributed by atoms with van der Waals surface area (Å²) < 4.78 is 12.6. The number of hydrogen-bond acceptors (Lipinski definition) is 9. The summed E-state index contributed by atoms with van der Waals surface area (Å²) in [5.74, 6) is 0.744. The Labute approximate surface area is 291 Å². The van der Waals surface area contributed by atoms with Crippen LogP contribution in [0.3, 0.4) is 0 Å². The van der Waals surface area contributed by atoms with Crippen molar-refractivity contribution in [2.24, 2.45) is 0 Å². The molecule has 2 heterocycles. The van der Waals surface area contributed by atoms with E-state index in [-0.39, 0.29) is 23.8 Å². The molecule has 9 nitrogen and oxygen atoms in total. The highest BCUT2D eigenvalue weighted by Crippen LogP contribution is 2.31. The lowest BCUT2D eigenvalue weighted by molar-refractivity contribution is -0.147. The lowest BCUT2D eigenvalue weighted by atomic mass is 10.1. The van der Waals surface area contributed by atoms with Crippen LogP contribution in [-0.4, -0.2) is 64.1 Å².